The Balaban J connectivity index is 3.13. The lowest BCUT2D eigenvalue weighted by atomic mass is 10.1. The zero-order chi connectivity index (χ0) is 15.1. The summed E-state index contributed by atoms with van der Waals surface area (Å²) in [7, 11) is 3.30. The van der Waals surface area contributed by atoms with Gasteiger partial charge in [-0.05, 0) is 31.5 Å². The van der Waals surface area contributed by atoms with Gasteiger partial charge < -0.3 is 20.7 Å². The Bertz CT molecular complexity index is 449. The van der Waals surface area contributed by atoms with Crippen molar-refractivity contribution < 1.29 is 9.53 Å². The second-order valence-electron chi connectivity index (χ2n) is 4.80. The first-order valence-electron chi connectivity index (χ1n) is 6.92. The summed E-state index contributed by atoms with van der Waals surface area (Å²) in [6.07, 6.45) is 0.993. The van der Waals surface area contributed by atoms with Gasteiger partial charge in [-0.3, -0.25) is 4.79 Å². The van der Waals surface area contributed by atoms with Crippen LogP contribution in [0.4, 0.5) is 11.4 Å². The summed E-state index contributed by atoms with van der Waals surface area (Å²) in [6, 6.07) is 5.69. The van der Waals surface area contributed by atoms with Gasteiger partial charge in [0.05, 0.1) is 18.0 Å². The average Bonchev–Trinajstić information content (AvgIpc) is 2.47. The molecule has 0 saturated carbocycles. The Hall–Kier alpha value is -1.75. The van der Waals surface area contributed by atoms with Crippen LogP contribution in [-0.2, 0) is 4.74 Å². The lowest BCUT2D eigenvalue weighted by Gasteiger charge is -2.32. The molecule has 0 aromatic heterocycles. The standard InChI is InChI=1S/C15H25N3O2/c1-5-11(2)18(8-9-20-4)14-10-12(15(19)17-3)6-7-13(14)16/h6-7,10-11H,5,8-9,16H2,1-4H3,(H,17,19). The molecule has 0 aliphatic rings. The van der Waals surface area contributed by atoms with Crippen molar-refractivity contribution in [2.75, 3.05) is 37.9 Å². The van der Waals surface area contributed by atoms with Crippen LogP contribution in [0.1, 0.15) is 30.6 Å². The molecule has 3 N–H and O–H groups in total. The topological polar surface area (TPSA) is 67.6 Å². The van der Waals surface area contributed by atoms with E-state index >= 15 is 0 Å². The van der Waals surface area contributed by atoms with Crippen molar-refractivity contribution in [2.45, 2.75) is 26.3 Å². The molecule has 112 valence electrons. The first kappa shape index (κ1) is 16.3. The molecule has 1 aromatic rings. The van der Waals surface area contributed by atoms with E-state index in [0.29, 0.717) is 23.9 Å². The Labute approximate surface area is 121 Å². The SMILES string of the molecule is CCC(C)N(CCOC)c1cc(C(=O)NC)ccc1N. The van der Waals surface area contributed by atoms with E-state index < -0.39 is 0 Å². The van der Waals surface area contributed by atoms with Crippen LogP contribution in [-0.4, -0.2) is 39.3 Å². The Morgan fingerprint density at radius 1 is 1.50 bits per heavy atom. The molecule has 0 heterocycles. The lowest BCUT2D eigenvalue weighted by Crippen LogP contribution is -2.36. The molecule has 0 fully saturated rings. The maximum absolute atomic E-state index is 11.8. The van der Waals surface area contributed by atoms with Gasteiger partial charge in [0.25, 0.3) is 5.91 Å². The number of nitrogens with zero attached hydrogens (tertiary/aromatic N) is 1. The predicted octanol–water partition coefficient (Wildman–Crippen LogP) is 1.88. The molecular formula is C15H25N3O2. The van der Waals surface area contributed by atoms with Gasteiger partial charge in [0.2, 0.25) is 0 Å². The molecular weight excluding hydrogens is 254 g/mol. The van der Waals surface area contributed by atoms with Crippen LogP contribution >= 0.6 is 0 Å². The highest BCUT2D eigenvalue weighted by atomic mass is 16.5. The van der Waals surface area contributed by atoms with E-state index in [1.54, 1.807) is 26.3 Å². The summed E-state index contributed by atoms with van der Waals surface area (Å²) in [5, 5.41) is 2.63. The van der Waals surface area contributed by atoms with Gasteiger partial charge in [0.15, 0.2) is 0 Å². The van der Waals surface area contributed by atoms with Crippen LogP contribution in [0.5, 0.6) is 0 Å². The van der Waals surface area contributed by atoms with E-state index in [-0.39, 0.29) is 5.91 Å². The Morgan fingerprint density at radius 3 is 2.75 bits per heavy atom. The number of nitrogen functional groups attached to an aromatic ring is 1. The smallest absolute Gasteiger partial charge is 0.251 e. The normalized spacial score (nSPS) is 12.0. The number of benzene rings is 1. The zero-order valence-electron chi connectivity index (χ0n) is 12.8. The van der Waals surface area contributed by atoms with Gasteiger partial charge >= 0.3 is 0 Å². The van der Waals surface area contributed by atoms with Gasteiger partial charge in [0.1, 0.15) is 0 Å². The van der Waals surface area contributed by atoms with Crippen LogP contribution in [0.3, 0.4) is 0 Å². The fourth-order valence-corrected chi connectivity index (χ4v) is 2.07. The van der Waals surface area contributed by atoms with Gasteiger partial charge in [-0.2, -0.15) is 0 Å². The second-order valence-corrected chi connectivity index (χ2v) is 4.80. The summed E-state index contributed by atoms with van der Waals surface area (Å²) < 4.78 is 5.17. The molecule has 1 unspecified atom stereocenters. The molecule has 20 heavy (non-hydrogen) atoms. The average molecular weight is 279 g/mol. The van der Waals surface area contributed by atoms with E-state index in [1.165, 1.54) is 0 Å². The van der Waals surface area contributed by atoms with Crippen LogP contribution < -0.4 is 16.0 Å². The zero-order valence-corrected chi connectivity index (χ0v) is 12.8. The minimum atomic E-state index is -0.109. The van der Waals surface area contributed by atoms with E-state index in [9.17, 15) is 4.79 Å². The largest absolute Gasteiger partial charge is 0.397 e. The molecule has 5 nitrogen and oxygen atoms in total. The van der Waals surface area contributed by atoms with E-state index in [4.69, 9.17) is 10.5 Å². The highest BCUT2D eigenvalue weighted by Crippen LogP contribution is 2.27. The van der Waals surface area contributed by atoms with Crippen molar-refractivity contribution in [3.8, 4) is 0 Å². The molecule has 0 spiro atoms. The van der Waals surface area contributed by atoms with Gasteiger partial charge in [-0.25, -0.2) is 0 Å². The minimum Gasteiger partial charge on any atom is -0.397 e. The predicted molar refractivity (Wildman–Crippen MR) is 83.2 cm³/mol. The number of rotatable bonds is 7. The second kappa shape index (κ2) is 7.75. The summed E-state index contributed by atoms with van der Waals surface area (Å²) >= 11 is 0. The van der Waals surface area contributed by atoms with Crippen molar-refractivity contribution in [1.29, 1.82) is 0 Å². The Morgan fingerprint density at radius 2 is 2.20 bits per heavy atom. The third-order valence-corrected chi connectivity index (χ3v) is 3.49. The highest BCUT2D eigenvalue weighted by molar-refractivity contribution is 5.96. The minimum absolute atomic E-state index is 0.109. The number of hydrogen-bond acceptors (Lipinski definition) is 4. The van der Waals surface area contributed by atoms with Crippen LogP contribution in [0.2, 0.25) is 0 Å². The molecule has 1 rings (SSSR count). The monoisotopic (exact) mass is 279 g/mol. The van der Waals surface area contributed by atoms with Gasteiger partial charge in [-0.1, -0.05) is 6.92 Å². The maximum atomic E-state index is 11.8. The van der Waals surface area contributed by atoms with Crippen LogP contribution in [0.15, 0.2) is 18.2 Å². The molecule has 0 aliphatic carbocycles. The molecule has 1 aromatic carbocycles. The Kier molecular flexibility index (Phi) is 6.31. The molecule has 0 aliphatic heterocycles. The fraction of sp³-hybridized carbons (Fsp3) is 0.533. The van der Waals surface area contributed by atoms with E-state index in [2.05, 4.69) is 24.1 Å². The number of nitrogens with two attached hydrogens (primary N) is 1. The van der Waals surface area contributed by atoms with Crippen molar-refractivity contribution in [3.05, 3.63) is 23.8 Å². The number of ether oxygens (including phenoxy) is 1. The number of carbonyl (C=O) groups is 1. The third-order valence-electron chi connectivity index (χ3n) is 3.49. The summed E-state index contributed by atoms with van der Waals surface area (Å²) in [6.45, 7) is 5.63. The fourth-order valence-electron chi connectivity index (χ4n) is 2.07. The van der Waals surface area contributed by atoms with Gasteiger partial charge in [0, 0.05) is 32.3 Å². The first-order chi connectivity index (χ1) is 9.54. The number of anilines is 2. The number of hydrogen-bond donors (Lipinski definition) is 2. The van der Waals surface area contributed by atoms with Crippen LogP contribution in [0, 0.1) is 0 Å². The molecule has 5 heteroatoms. The number of carbonyl (C=O) groups excluding carboxylic acids is 1. The third kappa shape index (κ3) is 3.87. The summed E-state index contributed by atoms with van der Waals surface area (Å²) in [5.74, 6) is -0.109. The van der Waals surface area contributed by atoms with E-state index in [1.807, 2.05) is 6.07 Å². The maximum Gasteiger partial charge on any atom is 0.251 e. The lowest BCUT2D eigenvalue weighted by molar-refractivity contribution is 0.0963. The number of amides is 1. The van der Waals surface area contributed by atoms with Crippen molar-refractivity contribution in [2.24, 2.45) is 0 Å². The van der Waals surface area contributed by atoms with Crippen molar-refractivity contribution >= 4 is 17.3 Å². The molecule has 0 radical (unpaired) electrons. The van der Waals surface area contributed by atoms with Crippen molar-refractivity contribution in [3.63, 3.8) is 0 Å². The number of nitrogens with one attached hydrogen (secondary N) is 1. The summed E-state index contributed by atoms with van der Waals surface area (Å²) in [4.78, 5) is 13.9. The van der Waals surface area contributed by atoms with Crippen molar-refractivity contribution in [1.82, 2.24) is 5.32 Å². The van der Waals surface area contributed by atoms with Crippen LogP contribution in [0.25, 0.3) is 0 Å². The van der Waals surface area contributed by atoms with E-state index in [0.717, 1.165) is 18.7 Å². The number of methoxy groups -OCH3 is 1. The summed E-state index contributed by atoms with van der Waals surface area (Å²) in [5.41, 5.74) is 8.26. The quantitative estimate of drug-likeness (QED) is 0.748. The molecule has 1 atom stereocenters. The molecule has 0 bridgehead atoms. The molecule has 1 amide bonds. The van der Waals surface area contributed by atoms with Gasteiger partial charge in [-0.15, -0.1) is 0 Å². The first-order valence-corrected chi connectivity index (χ1v) is 6.92. The highest BCUT2D eigenvalue weighted by Gasteiger charge is 2.17. The molecule has 0 saturated heterocycles.